The lowest BCUT2D eigenvalue weighted by Crippen LogP contribution is -2.04. The van der Waals surface area contributed by atoms with Crippen LogP contribution in [-0.4, -0.2) is 9.55 Å². The molecule has 1 aromatic carbocycles. The molecule has 2 rings (SSSR count). The zero-order chi connectivity index (χ0) is 13.3. The zero-order valence-corrected chi connectivity index (χ0v) is 12.7. The largest absolute Gasteiger partial charge is 0.383 e. The van der Waals surface area contributed by atoms with E-state index in [1.807, 2.05) is 22.8 Å². The van der Waals surface area contributed by atoms with Gasteiger partial charge >= 0.3 is 0 Å². The van der Waals surface area contributed by atoms with E-state index < -0.39 is 0 Å². The van der Waals surface area contributed by atoms with Crippen LogP contribution in [0.15, 0.2) is 22.7 Å². The molecule has 0 saturated heterocycles. The predicted octanol–water partition coefficient (Wildman–Crippen LogP) is 4.13. The quantitative estimate of drug-likeness (QED) is 0.920. The summed E-state index contributed by atoms with van der Waals surface area (Å²) in [7, 11) is 0. The molecule has 1 aromatic heterocycles. The highest BCUT2D eigenvalue weighted by atomic mass is 79.9. The molecule has 96 valence electrons. The molecule has 0 spiro atoms. The Hall–Kier alpha value is -1.00. The normalized spacial score (nSPS) is 10.9. The number of hydrogen-bond acceptors (Lipinski definition) is 2. The van der Waals surface area contributed by atoms with Gasteiger partial charge in [-0.25, -0.2) is 4.98 Å². The van der Waals surface area contributed by atoms with Crippen molar-refractivity contribution in [1.82, 2.24) is 9.55 Å². The Morgan fingerprint density at radius 2 is 2.11 bits per heavy atom. The van der Waals surface area contributed by atoms with Crippen molar-refractivity contribution in [2.24, 2.45) is 0 Å². The van der Waals surface area contributed by atoms with Crippen molar-refractivity contribution >= 4 is 33.3 Å². The van der Waals surface area contributed by atoms with E-state index in [0.717, 1.165) is 34.5 Å². The number of halogens is 2. The van der Waals surface area contributed by atoms with Gasteiger partial charge in [0.15, 0.2) is 0 Å². The van der Waals surface area contributed by atoms with Crippen LogP contribution >= 0.6 is 27.5 Å². The molecule has 0 aliphatic carbocycles. The minimum absolute atomic E-state index is 0.683. The van der Waals surface area contributed by atoms with Crippen LogP contribution in [0.4, 0.5) is 5.82 Å². The van der Waals surface area contributed by atoms with Gasteiger partial charge in [0.25, 0.3) is 0 Å². The van der Waals surface area contributed by atoms with E-state index in [9.17, 15) is 0 Å². The van der Waals surface area contributed by atoms with Crippen molar-refractivity contribution in [2.75, 3.05) is 5.73 Å². The van der Waals surface area contributed by atoms with Crippen LogP contribution in [0.2, 0.25) is 5.02 Å². The van der Waals surface area contributed by atoms with Gasteiger partial charge in [-0.3, -0.25) is 0 Å². The van der Waals surface area contributed by atoms with E-state index in [0.29, 0.717) is 10.8 Å². The monoisotopic (exact) mass is 327 g/mol. The summed E-state index contributed by atoms with van der Waals surface area (Å²) < 4.78 is 2.89. The molecule has 1 heterocycles. The number of rotatable bonds is 3. The molecule has 5 heteroatoms. The Morgan fingerprint density at radius 1 is 1.39 bits per heavy atom. The second-order valence-electron chi connectivity index (χ2n) is 3.99. The highest BCUT2D eigenvalue weighted by Gasteiger charge is 2.14. The summed E-state index contributed by atoms with van der Waals surface area (Å²) in [6.45, 7) is 4.98. The van der Waals surface area contributed by atoms with Crippen molar-refractivity contribution in [2.45, 2.75) is 26.8 Å². The molecule has 0 saturated carbocycles. The maximum atomic E-state index is 6.16. The van der Waals surface area contributed by atoms with E-state index in [-0.39, 0.29) is 0 Å². The van der Waals surface area contributed by atoms with Crippen LogP contribution in [0.5, 0.6) is 0 Å². The molecular weight excluding hydrogens is 314 g/mol. The first-order valence-electron chi connectivity index (χ1n) is 5.88. The van der Waals surface area contributed by atoms with Gasteiger partial charge in [0.1, 0.15) is 17.3 Å². The van der Waals surface area contributed by atoms with Gasteiger partial charge in [-0.1, -0.05) is 24.6 Å². The molecule has 0 unspecified atom stereocenters. The van der Waals surface area contributed by atoms with Crippen molar-refractivity contribution in [3.05, 3.63) is 33.5 Å². The summed E-state index contributed by atoms with van der Waals surface area (Å²) >= 11 is 9.42. The molecule has 0 radical (unpaired) electrons. The Kier molecular flexibility index (Phi) is 3.97. The van der Waals surface area contributed by atoms with E-state index in [1.54, 1.807) is 0 Å². The lowest BCUT2D eigenvalue weighted by atomic mass is 10.1. The highest BCUT2D eigenvalue weighted by Crippen LogP contribution is 2.31. The Bertz CT molecular complexity index is 578. The van der Waals surface area contributed by atoms with Crippen LogP contribution in [0.1, 0.15) is 19.7 Å². The van der Waals surface area contributed by atoms with E-state index in [1.165, 1.54) is 0 Å². The van der Waals surface area contributed by atoms with Gasteiger partial charge in [0, 0.05) is 23.0 Å². The summed E-state index contributed by atoms with van der Waals surface area (Å²) in [5.74, 6) is 1.72. The van der Waals surface area contributed by atoms with E-state index in [4.69, 9.17) is 17.3 Å². The molecule has 2 aromatic rings. The third kappa shape index (κ3) is 2.27. The van der Waals surface area contributed by atoms with Gasteiger partial charge < -0.3 is 10.3 Å². The minimum atomic E-state index is 0.683. The summed E-state index contributed by atoms with van der Waals surface area (Å²) in [6, 6.07) is 5.72. The molecule has 3 nitrogen and oxygen atoms in total. The number of nitrogens with zero attached hydrogens (tertiary/aromatic N) is 2. The predicted molar refractivity (Wildman–Crippen MR) is 79.8 cm³/mol. The third-order valence-corrected chi connectivity index (χ3v) is 4.13. The second kappa shape index (κ2) is 5.33. The van der Waals surface area contributed by atoms with Gasteiger partial charge in [-0.15, -0.1) is 0 Å². The van der Waals surface area contributed by atoms with Crippen LogP contribution in [0.3, 0.4) is 0 Å². The maximum absolute atomic E-state index is 6.16. The topological polar surface area (TPSA) is 43.8 Å². The second-order valence-corrected chi connectivity index (χ2v) is 5.25. The number of benzene rings is 1. The van der Waals surface area contributed by atoms with Crippen LogP contribution in [-0.2, 0) is 13.0 Å². The van der Waals surface area contributed by atoms with Gasteiger partial charge in [-0.2, -0.15) is 0 Å². The van der Waals surface area contributed by atoms with Crippen molar-refractivity contribution in [1.29, 1.82) is 0 Å². The number of hydrogen-bond donors (Lipinski definition) is 1. The zero-order valence-electron chi connectivity index (χ0n) is 10.4. The number of anilines is 1. The van der Waals surface area contributed by atoms with Crippen molar-refractivity contribution in [3.63, 3.8) is 0 Å². The molecule has 0 amide bonds. The minimum Gasteiger partial charge on any atom is -0.383 e. The molecule has 0 fully saturated rings. The number of nitrogen functional groups attached to an aromatic ring is 1. The molecule has 0 atom stereocenters. The average Bonchev–Trinajstić information content (AvgIpc) is 2.69. The molecule has 2 N–H and O–H groups in total. The molecule has 0 aliphatic heterocycles. The van der Waals surface area contributed by atoms with Crippen molar-refractivity contribution in [3.8, 4) is 11.3 Å². The maximum Gasteiger partial charge on any atom is 0.131 e. The van der Waals surface area contributed by atoms with Gasteiger partial charge in [0.05, 0.1) is 5.02 Å². The summed E-state index contributed by atoms with van der Waals surface area (Å²) in [6.07, 6.45) is 0.868. The van der Waals surface area contributed by atoms with Gasteiger partial charge in [0.2, 0.25) is 0 Å². The molecule has 18 heavy (non-hydrogen) atoms. The first-order chi connectivity index (χ1) is 8.58. The molecular formula is C13H15BrClN3. The van der Waals surface area contributed by atoms with E-state index >= 15 is 0 Å². The number of aromatic nitrogens is 2. The number of nitrogens with two attached hydrogens (primary N) is 1. The van der Waals surface area contributed by atoms with Crippen LogP contribution in [0, 0.1) is 0 Å². The Labute approximate surface area is 120 Å². The lowest BCUT2D eigenvalue weighted by Gasteiger charge is -2.05. The summed E-state index contributed by atoms with van der Waals surface area (Å²) in [5.41, 5.74) is 7.97. The molecule has 0 bridgehead atoms. The number of aryl methyl sites for hydroxylation is 1. The van der Waals surface area contributed by atoms with Crippen LogP contribution in [0.25, 0.3) is 11.3 Å². The lowest BCUT2D eigenvalue weighted by molar-refractivity contribution is 0.713. The van der Waals surface area contributed by atoms with E-state index in [2.05, 4.69) is 34.8 Å². The van der Waals surface area contributed by atoms with Gasteiger partial charge in [-0.05, 0) is 35.0 Å². The Balaban J connectivity index is 2.56. The number of imidazole rings is 1. The first-order valence-corrected chi connectivity index (χ1v) is 7.05. The fourth-order valence-corrected chi connectivity index (χ4v) is 2.49. The third-order valence-electron chi connectivity index (χ3n) is 2.91. The van der Waals surface area contributed by atoms with Crippen LogP contribution < -0.4 is 5.73 Å². The fraction of sp³-hybridized carbons (Fsp3) is 0.308. The summed E-state index contributed by atoms with van der Waals surface area (Å²) in [4.78, 5) is 4.61. The highest BCUT2D eigenvalue weighted by molar-refractivity contribution is 9.10. The molecule has 0 aliphatic rings. The Morgan fingerprint density at radius 3 is 2.61 bits per heavy atom. The SMILES string of the molecule is CCc1nc(-c2ccc(Cl)c(Br)c2)c(N)n1CC. The fourth-order valence-electron chi connectivity index (χ4n) is 1.99. The average molecular weight is 329 g/mol. The van der Waals surface area contributed by atoms with Crippen molar-refractivity contribution < 1.29 is 0 Å². The smallest absolute Gasteiger partial charge is 0.131 e. The first kappa shape index (κ1) is 13.4. The standard InChI is InChI=1S/C13H15BrClN3/c1-3-11-17-12(13(16)18(11)4-2)8-5-6-10(15)9(14)7-8/h5-7H,3-4,16H2,1-2H3. The summed E-state index contributed by atoms with van der Waals surface area (Å²) in [5, 5.41) is 0.683.